The monoisotopic (exact) mass is 414 g/mol. The van der Waals surface area contributed by atoms with Crippen molar-refractivity contribution in [1.82, 2.24) is 15.4 Å². The Morgan fingerprint density at radius 1 is 1.23 bits per heavy atom. The van der Waals surface area contributed by atoms with Gasteiger partial charge >= 0.3 is 18.1 Å². The van der Waals surface area contributed by atoms with Crippen molar-refractivity contribution in [2.45, 2.75) is 12.7 Å². The van der Waals surface area contributed by atoms with Crippen LogP contribution in [0.15, 0.2) is 18.2 Å². The molecule has 0 unspecified atom stereocenters. The summed E-state index contributed by atoms with van der Waals surface area (Å²) in [4.78, 5) is 21.6. The summed E-state index contributed by atoms with van der Waals surface area (Å²) in [6, 6.07) is 5.16. The number of aromatic nitrogens is 3. The van der Waals surface area contributed by atoms with E-state index in [1.807, 2.05) is 0 Å². The van der Waals surface area contributed by atoms with Crippen LogP contribution >= 0.6 is 23.2 Å². The first-order valence-electron chi connectivity index (χ1n) is 6.53. The molecule has 0 saturated carbocycles. The Balaban J connectivity index is 0.000000412. The summed E-state index contributed by atoms with van der Waals surface area (Å²) in [5, 5.41) is 26.6. The van der Waals surface area contributed by atoms with Crippen LogP contribution in [-0.2, 0) is 11.3 Å². The molecule has 0 aliphatic carbocycles. The number of H-pyrrole nitrogens is 1. The van der Waals surface area contributed by atoms with Crippen LogP contribution in [0.1, 0.15) is 16.2 Å². The second-order valence-corrected chi connectivity index (χ2v) is 5.51. The predicted octanol–water partition coefficient (Wildman–Crippen LogP) is 3.08. The molecule has 2 aromatic rings. The number of carbonyl (C=O) groups is 2. The summed E-state index contributed by atoms with van der Waals surface area (Å²) in [5.74, 6) is -3.85. The van der Waals surface area contributed by atoms with Crippen LogP contribution in [0.2, 0.25) is 10.0 Å². The molecule has 3 N–H and O–H groups in total. The Hall–Kier alpha value is -2.53. The summed E-state index contributed by atoms with van der Waals surface area (Å²) in [5.41, 5.74) is 1.13. The Kier molecular flexibility index (Phi) is 7.21. The predicted molar refractivity (Wildman–Crippen MR) is 85.6 cm³/mol. The molecule has 0 saturated heterocycles. The van der Waals surface area contributed by atoms with E-state index in [-0.39, 0.29) is 12.2 Å². The van der Waals surface area contributed by atoms with Gasteiger partial charge in [-0.05, 0) is 18.2 Å². The summed E-state index contributed by atoms with van der Waals surface area (Å²) < 4.78 is 31.7. The first-order chi connectivity index (χ1) is 11.9. The SMILES string of the molecule is CN(Cc1nn[nH]c1C(=O)O)c1ccc(Cl)c(Cl)c1.O=C(O)C(F)(F)F. The number of hydrogen-bond acceptors (Lipinski definition) is 5. The van der Waals surface area contributed by atoms with Gasteiger partial charge in [0.05, 0.1) is 16.6 Å². The van der Waals surface area contributed by atoms with Crippen molar-refractivity contribution >= 4 is 40.8 Å². The summed E-state index contributed by atoms with van der Waals surface area (Å²) >= 11 is 11.8. The number of nitrogens with zero attached hydrogens (tertiary/aromatic N) is 3. The maximum Gasteiger partial charge on any atom is 0.490 e. The maximum absolute atomic E-state index is 10.9. The zero-order valence-electron chi connectivity index (χ0n) is 12.9. The highest BCUT2D eigenvalue weighted by atomic mass is 35.5. The Morgan fingerprint density at radius 3 is 2.27 bits per heavy atom. The minimum absolute atomic E-state index is 0.0214. The third kappa shape index (κ3) is 6.08. The summed E-state index contributed by atoms with van der Waals surface area (Å²) in [6.07, 6.45) is -5.08. The van der Waals surface area contributed by atoms with Crippen LogP contribution in [0.25, 0.3) is 0 Å². The van der Waals surface area contributed by atoms with Gasteiger partial charge in [0.1, 0.15) is 5.69 Å². The molecular weight excluding hydrogens is 404 g/mol. The molecular formula is C13H11Cl2F3N4O4. The molecule has 0 fully saturated rings. The van der Waals surface area contributed by atoms with Crippen molar-refractivity contribution in [3.05, 3.63) is 39.6 Å². The third-order valence-electron chi connectivity index (χ3n) is 2.81. The number of benzene rings is 1. The lowest BCUT2D eigenvalue weighted by molar-refractivity contribution is -0.192. The molecule has 0 radical (unpaired) electrons. The van der Waals surface area contributed by atoms with Crippen molar-refractivity contribution in [2.75, 3.05) is 11.9 Å². The quantitative estimate of drug-likeness (QED) is 0.702. The van der Waals surface area contributed by atoms with Gasteiger partial charge in [0.2, 0.25) is 0 Å². The average Bonchev–Trinajstić information content (AvgIpc) is 2.98. The summed E-state index contributed by atoms with van der Waals surface area (Å²) in [6.45, 7) is 0.288. The van der Waals surface area contributed by atoms with E-state index in [4.69, 9.17) is 38.2 Å². The number of hydrogen-bond donors (Lipinski definition) is 3. The van der Waals surface area contributed by atoms with Crippen LogP contribution in [0.4, 0.5) is 18.9 Å². The normalized spacial score (nSPS) is 10.7. The first kappa shape index (κ1) is 21.5. The van der Waals surface area contributed by atoms with Gasteiger partial charge in [0.15, 0.2) is 5.69 Å². The van der Waals surface area contributed by atoms with Gasteiger partial charge in [-0.3, -0.25) is 5.10 Å². The molecule has 0 bridgehead atoms. The van der Waals surface area contributed by atoms with Crippen LogP contribution in [0.3, 0.4) is 0 Å². The Bertz CT molecular complexity index is 798. The summed E-state index contributed by atoms with van der Waals surface area (Å²) in [7, 11) is 1.79. The molecule has 0 aliphatic rings. The molecule has 1 aromatic carbocycles. The van der Waals surface area contributed by atoms with Gasteiger partial charge in [-0.15, -0.1) is 5.10 Å². The molecule has 1 aromatic heterocycles. The minimum atomic E-state index is -5.08. The van der Waals surface area contributed by atoms with Crippen molar-refractivity contribution < 1.29 is 33.0 Å². The topological polar surface area (TPSA) is 119 Å². The average molecular weight is 415 g/mol. The fourth-order valence-electron chi connectivity index (χ4n) is 1.57. The molecule has 26 heavy (non-hydrogen) atoms. The van der Waals surface area contributed by atoms with E-state index < -0.39 is 18.1 Å². The van der Waals surface area contributed by atoms with E-state index in [0.717, 1.165) is 5.69 Å². The van der Waals surface area contributed by atoms with Gasteiger partial charge in [-0.2, -0.15) is 13.2 Å². The largest absolute Gasteiger partial charge is 0.490 e. The van der Waals surface area contributed by atoms with E-state index >= 15 is 0 Å². The molecule has 0 atom stereocenters. The number of aromatic amines is 1. The van der Waals surface area contributed by atoms with Crippen molar-refractivity contribution in [2.24, 2.45) is 0 Å². The highest BCUT2D eigenvalue weighted by Gasteiger charge is 2.38. The second-order valence-electron chi connectivity index (χ2n) is 4.70. The minimum Gasteiger partial charge on any atom is -0.476 e. The lowest BCUT2D eigenvalue weighted by Gasteiger charge is -2.18. The molecule has 0 aliphatic heterocycles. The van der Waals surface area contributed by atoms with Gasteiger partial charge < -0.3 is 15.1 Å². The highest BCUT2D eigenvalue weighted by molar-refractivity contribution is 6.42. The van der Waals surface area contributed by atoms with E-state index in [1.165, 1.54) is 0 Å². The smallest absolute Gasteiger partial charge is 0.476 e. The first-order valence-corrected chi connectivity index (χ1v) is 7.28. The van der Waals surface area contributed by atoms with Crippen molar-refractivity contribution in [3.8, 4) is 0 Å². The number of aliphatic carboxylic acids is 1. The van der Waals surface area contributed by atoms with E-state index in [9.17, 15) is 18.0 Å². The maximum atomic E-state index is 10.9. The van der Waals surface area contributed by atoms with Crippen LogP contribution in [-0.4, -0.2) is 50.8 Å². The molecule has 2 rings (SSSR count). The van der Waals surface area contributed by atoms with Gasteiger partial charge in [0, 0.05) is 12.7 Å². The second kappa shape index (κ2) is 8.72. The molecule has 8 nitrogen and oxygen atoms in total. The van der Waals surface area contributed by atoms with Gasteiger partial charge in [-0.25, -0.2) is 9.59 Å². The number of halogens is 5. The number of alkyl halides is 3. The lowest BCUT2D eigenvalue weighted by atomic mass is 10.2. The molecule has 0 spiro atoms. The molecule has 13 heteroatoms. The van der Waals surface area contributed by atoms with Crippen molar-refractivity contribution in [3.63, 3.8) is 0 Å². The number of carboxylic acid groups (broad SMARTS) is 2. The van der Waals surface area contributed by atoms with E-state index in [0.29, 0.717) is 15.7 Å². The van der Waals surface area contributed by atoms with E-state index in [2.05, 4.69) is 15.4 Å². The van der Waals surface area contributed by atoms with Crippen LogP contribution in [0.5, 0.6) is 0 Å². The zero-order chi connectivity index (χ0) is 20.1. The third-order valence-corrected chi connectivity index (χ3v) is 3.55. The van der Waals surface area contributed by atoms with Crippen LogP contribution < -0.4 is 4.90 Å². The Morgan fingerprint density at radius 2 is 1.81 bits per heavy atom. The fraction of sp³-hybridized carbons (Fsp3) is 0.231. The molecule has 142 valence electrons. The number of nitrogens with one attached hydrogen (secondary N) is 1. The lowest BCUT2D eigenvalue weighted by Crippen LogP contribution is -2.21. The number of rotatable bonds is 4. The fourth-order valence-corrected chi connectivity index (χ4v) is 1.86. The van der Waals surface area contributed by atoms with Crippen molar-refractivity contribution in [1.29, 1.82) is 0 Å². The Labute approximate surface area is 154 Å². The zero-order valence-corrected chi connectivity index (χ0v) is 14.4. The van der Waals surface area contributed by atoms with Gasteiger partial charge in [-0.1, -0.05) is 28.4 Å². The van der Waals surface area contributed by atoms with Crippen LogP contribution in [0, 0.1) is 0 Å². The van der Waals surface area contributed by atoms with Gasteiger partial charge in [0.25, 0.3) is 0 Å². The standard InChI is InChI=1S/C11H10Cl2N4O2.C2HF3O2/c1-17(6-2-3-7(12)8(13)4-6)5-9-10(11(18)19)15-16-14-9;3-2(4,5)1(6)7/h2-4H,5H2,1H3,(H,18,19)(H,14,15,16);(H,6,7). The molecule has 0 amide bonds. The number of aromatic carboxylic acids is 1. The molecule has 1 heterocycles. The van der Waals surface area contributed by atoms with E-state index in [1.54, 1.807) is 30.1 Å². The number of anilines is 1. The highest BCUT2D eigenvalue weighted by Crippen LogP contribution is 2.27. The number of carboxylic acids is 2.